The van der Waals surface area contributed by atoms with Crippen LogP contribution >= 0.6 is 11.8 Å². The summed E-state index contributed by atoms with van der Waals surface area (Å²) in [6.07, 6.45) is -0.637. The molecule has 2 aliphatic heterocycles. The fourth-order valence-electron chi connectivity index (χ4n) is 5.38. The highest BCUT2D eigenvalue weighted by molar-refractivity contribution is 7.99. The first-order valence-corrected chi connectivity index (χ1v) is 13.5. The molecule has 6 rings (SSSR count). The van der Waals surface area contributed by atoms with Crippen molar-refractivity contribution in [3.05, 3.63) is 122 Å². The maximum atomic E-state index is 12.5. The summed E-state index contributed by atoms with van der Waals surface area (Å²) in [4.78, 5) is 28.7. The molecule has 4 atom stereocenters. The summed E-state index contributed by atoms with van der Waals surface area (Å²) in [7, 11) is 1.65. The Morgan fingerprint density at radius 1 is 1.05 bits per heavy atom. The van der Waals surface area contributed by atoms with Crippen molar-refractivity contribution in [2.45, 2.75) is 47.2 Å². The Morgan fingerprint density at radius 2 is 1.79 bits per heavy atom. The third-order valence-electron chi connectivity index (χ3n) is 7.36. The van der Waals surface area contributed by atoms with Gasteiger partial charge in [-0.25, -0.2) is 4.79 Å². The predicted molar refractivity (Wildman–Crippen MR) is 146 cm³/mol. The van der Waals surface area contributed by atoms with Crippen molar-refractivity contribution in [2.24, 2.45) is 0 Å². The second-order valence-corrected chi connectivity index (χ2v) is 10.8. The van der Waals surface area contributed by atoms with Crippen molar-refractivity contribution in [1.29, 1.82) is 0 Å². The van der Waals surface area contributed by atoms with Gasteiger partial charge in [-0.05, 0) is 30.7 Å². The third kappa shape index (κ3) is 4.41. The highest BCUT2D eigenvalue weighted by atomic mass is 32.2. The Balaban J connectivity index is 1.40. The summed E-state index contributed by atoms with van der Waals surface area (Å²) in [5, 5.41) is 11.0. The van der Waals surface area contributed by atoms with Gasteiger partial charge in [-0.15, -0.1) is 0 Å². The summed E-state index contributed by atoms with van der Waals surface area (Å²) < 4.78 is 19.9. The molecule has 3 aromatic carbocycles. The lowest BCUT2D eigenvalue weighted by Gasteiger charge is -2.41. The van der Waals surface area contributed by atoms with Crippen LogP contribution in [0, 0.1) is 6.92 Å². The third-order valence-corrected chi connectivity index (χ3v) is 8.49. The number of aromatic amines is 1. The number of aromatic nitrogens is 2. The van der Waals surface area contributed by atoms with Gasteiger partial charge in [0.05, 0.1) is 19.8 Å². The predicted octanol–water partition coefficient (Wildman–Crippen LogP) is 3.98. The van der Waals surface area contributed by atoms with Gasteiger partial charge >= 0.3 is 5.69 Å². The van der Waals surface area contributed by atoms with Gasteiger partial charge in [0.25, 0.3) is 5.56 Å². The molecule has 0 bridgehead atoms. The molecule has 3 heterocycles. The summed E-state index contributed by atoms with van der Waals surface area (Å²) in [5.41, 5.74) is 1.30. The van der Waals surface area contributed by atoms with E-state index in [1.165, 1.54) is 10.8 Å². The summed E-state index contributed by atoms with van der Waals surface area (Å²) in [6, 6.07) is 24.1. The number of nitrogens with one attached hydrogen (secondary N) is 1. The normalized spacial score (nSPS) is 23.7. The van der Waals surface area contributed by atoms with Crippen LogP contribution in [0.5, 0.6) is 5.75 Å². The van der Waals surface area contributed by atoms with Gasteiger partial charge in [0, 0.05) is 39.1 Å². The summed E-state index contributed by atoms with van der Waals surface area (Å²) >= 11 is 1.66. The molecule has 0 radical (unpaired) electrons. The average molecular weight is 545 g/mol. The number of methoxy groups -OCH3 is 1. The fraction of sp³-hybridized carbons (Fsp3) is 0.267. The molecule has 0 amide bonds. The highest BCUT2D eigenvalue weighted by Gasteiger charge is 2.46. The quantitative estimate of drug-likeness (QED) is 0.379. The lowest BCUT2D eigenvalue weighted by Crippen LogP contribution is -2.40. The smallest absolute Gasteiger partial charge is 0.330 e. The maximum absolute atomic E-state index is 12.5. The number of aryl methyl sites for hydroxylation is 1. The minimum atomic E-state index is -0.975. The van der Waals surface area contributed by atoms with Crippen molar-refractivity contribution in [3.63, 3.8) is 0 Å². The molecule has 1 unspecified atom stereocenters. The molecule has 0 aliphatic carbocycles. The van der Waals surface area contributed by atoms with E-state index in [9.17, 15) is 14.7 Å². The van der Waals surface area contributed by atoms with Gasteiger partial charge in [-0.1, -0.05) is 66.4 Å². The molecule has 0 saturated carbocycles. The van der Waals surface area contributed by atoms with E-state index in [0.717, 1.165) is 32.2 Å². The van der Waals surface area contributed by atoms with E-state index in [-0.39, 0.29) is 13.0 Å². The Morgan fingerprint density at radius 3 is 2.59 bits per heavy atom. The van der Waals surface area contributed by atoms with E-state index in [4.69, 9.17) is 14.2 Å². The van der Waals surface area contributed by atoms with Crippen molar-refractivity contribution in [1.82, 2.24) is 9.55 Å². The number of fused-ring (bicyclic) bond motifs is 2. The second-order valence-electron chi connectivity index (χ2n) is 9.73. The fourth-order valence-corrected chi connectivity index (χ4v) is 6.58. The lowest BCUT2D eigenvalue weighted by molar-refractivity contribution is -0.0958. The first-order chi connectivity index (χ1) is 18.9. The molecule has 9 heteroatoms. The number of rotatable bonds is 6. The molecule has 0 spiro atoms. The van der Waals surface area contributed by atoms with Crippen LogP contribution < -0.4 is 16.0 Å². The van der Waals surface area contributed by atoms with Gasteiger partial charge in [0.1, 0.15) is 23.7 Å². The Kier molecular flexibility index (Phi) is 6.68. The molecule has 1 fully saturated rings. The van der Waals surface area contributed by atoms with E-state index < -0.39 is 35.3 Å². The van der Waals surface area contributed by atoms with E-state index >= 15 is 0 Å². The molecule has 4 aromatic rings. The van der Waals surface area contributed by atoms with Crippen molar-refractivity contribution in [2.75, 3.05) is 13.7 Å². The number of nitrogens with zero attached hydrogens (tertiary/aromatic N) is 1. The summed E-state index contributed by atoms with van der Waals surface area (Å²) in [6.45, 7) is 1.68. The first-order valence-electron chi connectivity index (χ1n) is 12.7. The minimum Gasteiger partial charge on any atom is -0.497 e. The molecule has 1 saturated heterocycles. The first kappa shape index (κ1) is 25.6. The van der Waals surface area contributed by atoms with Gasteiger partial charge in [0.15, 0.2) is 0 Å². The van der Waals surface area contributed by atoms with Crippen LogP contribution in [-0.2, 0) is 15.1 Å². The second kappa shape index (κ2) is 10.2. The Hall–Kier alpha value is -3.63. The maximum Gasteiger partial charge on any atom is 0.330 e. The Bertz CT molecular complexity index is 1630. The zero-order valence-electron chi connectivity index (χ0n) is 21.5. The molecule has 2 aliphatic rings. The molecule has 8 nitrogen and oxygen atoms in total. The monoisotopic (exact) mass is 544 g/mol. The van der Waals surface area contributed by atoms with E-state index in [2.05, 4.69) is 17.1 Å². The number of aliphatic hydroxyl groups excluding tert-OH is 1. The minimum absolute atomic E-state index is 0.0636. The molecular weight excluding hydrogens is 516 g/mol. The highest BCUT2D eigenvalue weighted by Crippen LogP contribution is 2.54. The van der Waals surface area contributed by atoms with E-state index in [1.807, 2.05) is 60.7 Å². The summed E-state index contributed by atoms with van der Waals surface area (Å²) in [5.74, 6) is 0.752. The van der Waals surface area contributed by atoms with Crippen molar-refractivity contribution < 1.29 is 19.3 Å². The Labute approximate surface area is 229 Å². The van der Waals surface area contributed by atoms with Crippen molar-refractivity contribution in [3.8, 4) is 5.75 Å². The van der Waals surface area contributed by atoms with Crippen LogP contribution in [-0.4, -0.2) is 40.6 Å². The van der Waals surface area contributed by atoms with Gasteiger partial charge in [-0.2, -0.15) is 0 Å². The zero-order valence-corrected chi connectivity index (χ0v) is 22.3. The van der Waals surface area contributed by atoms with Gasteiger partial charge < -0.3 is 19.3 Å². The largest absolute Gasteiger partial charge is 0.497 e. The van der Waals surface area contributed by atoms with E-state index in [0.29, 0.717) is 5.56 Å². The molecular formula is C30H28N2O6S. The molecule has 200 valence electrons. The van der Waals surface area contributed by atoms with Gasteiger partial charge in [0.2, 0.25) is 0 Å². The van der Waals surface area contributed by atoms with Crippen LogP contribution in [0.4, 0.5) is 0 Å². The number of H-pyrrole nitrogens is 1. The van der Waals surface area contributed by atoms with Crippen LogP contribution in [0.25, 0.3) is 0 Å². The number of benzene rings is 3. The van der Waals surface area contributed by atoms with Crippen LogP contribution in [0.3, 0.4) is 0 Å². The van der Waals surface area contributed by atoms with Crippen molar-refractivity contribution >= 4 is 11.8 Å². The number of hydrogen-bond acceptors (Lipinski definition) is 7. The molecule has 39 heavy (non-hydrogen) atoms. The topological polar surface area (TPSA) is 103 Å². The van der Waals surface area contributed by atoms with Crippen LogP contribution in [0.15, 0.2) is 98.4 Å². The SMILES string of the molecule is COc1ccc2c(c1)Sc1ccccc1C2(OC[C@H]1O[C@@H](n2cc(C)c(=O)[nH]c2=O)C[C@@H]1O)c1ccccc1. The van der Waals surface area contributed by atoms with Gasteiger partial charge in [-0.3, -0.25) is 14.3 Å². The van der Waals surface area contributed by atoms with Crippen LogP contribution in [0.2, 0.25) is 0 Å². The molecule has 2 N–H and O–H groups in total. The lowest BCUT2D eigenvalue weighted by atomic mass is 9.79. The van der Waals surface area contributed by atoms with E-state index in [1.54, 1.807) is 25.8 Å². The number of ether oxygens (including phenoxy) is 3. The van der Waals surface area contributed by atoms with Crippen LogP contribution in [0.1, 0.15) is 34.9 Å². The molecule has 1 aromatic heterocycles. The zero-order chi connectivity index (χ0) is 27.1. The number of hydrogen-bond donors (Lipinski definition) is 2. The standard InChI is InChI=1S/C30H28N2O6S/c1-18-16-32(29(35)31-28(18)34)27-15-23(33)24(38-27)17-37-30(19-8-4-3-5-9-19)21-10-6-7-11-25(21)39-26-14-20(36-2)12-13-22(26)30/h3-14,16,23-24,27,33H,15,17H2,1-2H3,(H,31,34,35)/t23-,24+,27+,30?/m0/s1. The average Bonchev–Trinajstić information content (AvgIpc) is 3.33. The number of aliphatic hydroxyl groups is 1.